The summed E-state index contributed by atoms with van der Waals surface area (Å²) in [6.45, 7) is 3.43. The Balaban J connectivity index is 2.64. The van der Waals surface area contributed by atoms with Gasteiger partial charge in [0.15, 0.2) is 5.15 Å². The first-order chi connectivity index (χ1) is 5.61. The molecular weight excluding hydrogens is 182 g/mol. The van der Waals surface area contributed by atoms with Gasteiger partial charge in [-0.05, 0) is 5.21 Å². The van der Waals surface area contributed by atoms with Gasteiger partial charge in [-0.1, -0.05) is 30.3 Å². The van der Waals surface area contributed by atoms with Crippen LogP contribution in [0.15, 0.2) is 6.20 Å². The van der Waals surface area contributed by atoms with Crippen molar-refractivity contribution in [3.63, 3.8) is 0 Å². The van der Waals surface area contributed by atoms with Crippen molar-refractivity contribution in [2.75, 3.05) is 0 Å². The zero-order valence-corrected chi connectivity index (χ0v) is 7.45. The third-order valence-corrected chi connectivity index (χ3v) is 1.37. The summed E-state index contributed by atoms with van der Waals surface area (Å²) in [4.78, 5) is 16.6. The lowest BCUT2D eigenvalue weighted by atomic mass is 10.2. The number of hydrogen-bond donors (Lipinski definition) is 0. The standard InChI is InChI=1S/C6H8ClN3O2/c1-4(2)6(11)12-10-5(7)3-8-9-10/h3-4H,1-2H3. The van der Waals surface area contributed by atoms with E-state index in [1.54, 1.807) is 13.8 Å². The molecule has 0 bridgehead atoms. The van der Waals surface area contributed by atoms with Gasteiger partial charge in [-0.2, -0.15) is 0 Å². The second-order valence-corrected chi connectivity index (χ2v) is 2.88. The quantitative estimate of drug-likeness (QED) is 0.638. The maximum absolute atomic E-state index is 11.0. The summed E-state index contributed by atoms with van der Waals surface area (Å²) < 4.78 is 0. The van der Waals surface area contributed by atoms with Crippen LogP contribution in [0.5, 0.6) is 0 Å². The summed E-state index contributed by atoms with van der Waals surface area (Å²) >= 11 is 5.55. The highest BCUT2D eigenvalue weighted by Crippen LogP contribution is 2.02. The molecule has 0 atom stereocenters. The third-order valence-electron chi connectivity index (χ3n) is 1.13. The van der Waals surface area contributed by atoms with E-state index in [0.717, 1.165) is 4.85 Å². The molecule has 0 aliphatic heterocycles. The highest BCUT2D eigenvalue weighted by molar-refractivity contribution is 6.29. The Morgan fingerprint density at radius 3 is 2.83 bits per heavy atom. The zero-order chi connectivity index (χ0) is 9.14. The largest absolute Gasteiger partial charge is 0.337 e. The van der Waals surface area contributed by atoms with Crippen molar-refractivity contribution in [2.45, 2.75) is 13.8 Å². The molecule has 6 heteroatoms. The number of nitrogens with zero attached hydrogens (tertiary/aromatic N) is 3. The van der Waals surface area contributed by atoms with E-state index in [0.29, 0.717) is 0 Å². The first-order valence-corrected chi connectivity index (χ1v) is 3.77. The lowest BCUT2D eigenvalue weighted by molar-refractivity contribution is -0.149. The fraction of sp³-hybridized carbons (Fsp3) is 0.500. The average molecular weight is 190 g/mol. The molecule has 0 N–H and O–H groups in total. The van der Waals surface area contributed by atoms with Crippen molar-refractivity contribution in [1.82, 2.24) is 15.2 Å². The lowest BCUT2D eigenvalue weighted by Gasteiger charge is -2.04. The molecule has 0 saturated heterocycles. The molecule has 1 aromatic rings. The lowest BCUT2D eigenvalue weighted by Crippen LogP contribution is -2.25. The van der Waals surface area contributed by atoms with Crippen LogP contribution in [0.1, 0.15) is 13.8 Å². The molecule has 0 unspecified atom stereocenters. The number of halogens is 1. The monoisotopic (exact) mass is 189 g/mol. The van der Waals surface area contributed by atoms with Crippen LogP contribution in [0.2, 0.25) is 5.15 Å². The predicted octanol–water partition coefficient (Wildman–Crippen LogP) is 0.543. The Labute approximate surface area is 74.2 Å². The fourth-order valence-electron chi connectivity index (χ4n) is 0.465. The molecule has 0 fully saturated rings. The van der Waals surface area contributed by atoms with Crippen LogP contribution in [0, 0.1) is 5.92 Å². The first kappa shape index (κ1) is 8.99. The molecule has 0 aromatic carbocycles. The highest BCUT2D eigenvalue weighted by atomic mass is 35.5. The van der Waals surface area contributed by atoms with Gasteiger partial charge in [-0.15, -0.1) is 5.10 Å². The maximum Gasteiger partial charge on any atom is 0.337 e. The molecule has 0 amide bonds. The molecule has 1 rings (SSSR count). The molecule has 0 radical (unpaired) electrons. The van der Waals surface area contributed by atoms with Gasteiger partial charge in [-0.3, -0.25) is 0 Å². The average Bonchev–Trinajstić information content (AvgIpc) is 2.36. The molecule has 1 aromatic heterocycles. The summed E-state index contributed by atoms with van der Waals surface area (Å²) in [5.41, 5.74) is 0. The van der Waals surface area contributed by atoms with Crippen LogP contribution in [0.4, 0.5) is 0 Å². The Morgan fingerprint density at radius 2 is 2.42 bits per heavy atom. The summed E-state index contributed by atoms with van der Waals surface area (Å²) in [5, 5.41) is 7.04. The Hall–Kier alpha value is -1.10. The summed E-state index contributed by atoms with van der Waals surface area (Å²) in [6, 6.07) is 0. The van der Waals surface area contributed by atoms with Crippen LogP contribution in [0.3, 0.4) is 0 Å². The fourth-order valence-corrected chi connectivity index (χ4v) is 0.577. The van der Waals surface area contributed by atoms with Crippen molar-refractivity contribution in [3.05, 3.63) is 11.3 Å². The van der Waals surface area contributed by atoms with E-state index in [1.807, 2.05) is 0 Å². The molecule has 66 valence electrons. The number of rotatable bonds is 2. The van der Waals surface area contributed by atoms with Crippen molar-refractivity contribution in [2.24, 2.45) is 5.92 Å². The minimum Gasteiger partial charge on any atom is -0.316 e. The zero-order valence-electron chi connectivity index (χ0n) is 6.69. The van der Waals surface area contributed by atoms with Crippen LogP contribution in [-0.4, -0.2) is 21.1 Å². The Morgan fingerprint density at radius 1 is 1.75 bits per heavy atom. The molecule has 0 spiro atoms. The van der Waals surface area contributed by atoms with Crippen molar-refractivity contribution in [1.29, 1.82) is 0 Å². The first-order valence-electron chi connectivity index (χ1n) is 3.39. The van der Waals surface area contributed by atoms with Crippen molar-refractivity contribution in [3.8, 4) is 0 Å². The molecular formula is C6H8ClN3O2. The van der Waals surface area contributed by atoms with Crippen LogP contribution < -0.4 is 4.84 Å². The number of aromatic nitrogens is 3. The third kappa shape index (κ3) is 1.94. The minimum atomic E-state index is -0.401. The highest BCUT2D eigenvalue weighted by Gasteiger charge is 2.12. The van der Waals surface area contributed by atoms with E-state index in [-0.39, 0.29) is 11.1 Å². The van der Waals surface area contributed by atoms with Gasteiger partial charge < -0.3 is 4.84 Å². The van der Waals surface area contributed by atoms with Crippen LogP contribution in [0.25, 0.3) is 0 Å². The van der Waals surface area contributed by atoms with Crippen molar-refractivity contribution >= 4 is 17.6 Å². The van der Waals surface area contributed by atoms with Gasteiger partial charge in [0.05, 0.1) is 12.1 Å². The van der Waals surface area contributed by atoms with E-state index < -0.39 is 5.97 Å². The topological polar surface area (TPSA) is 57.0 Å². The Bertz CT molecular complexity index is 284. The molecule has 1 heterocycles. The molecule has 0 aliphatic carbocycles. The van der Waals surface area contributed by atoms with Gasteiger partial charge in [0, 0.05) is 0 Å². The van der Waals surface area contributed by atoms with E-state index >= 15 is 0 Å². The summed E-state index contributed by atoms with van der Waals surface area (Å²) in [5.74, 6) is -0.618. The van der Waals surface area contributed by atoms with E-state index in [9.17, 15) is 4.79 Å². The second-order valence-electron chi connectivity index (χ2n) is 2.49. The molecule has 0 aliphatic rings. The van der Waals surface area contributed by atoms with Gasteiger partial charge in [0.1, 0.15) is 0 Å². The minimum absolute atomic E-state index is 0.170. The maximum atomic E-state index is 11.0. The Kier molecular flexibility index (Phi) is 2.65. The van der Waals surface area contributed by atoms with E-state index in [2.05, 4.69) is 10.3 Å². The smallest absolute Gasteiger partial charge is 0.316 e. The van der Waals surface area contributed by atoms with Crippen molar-refractivity contribution < 1.29 is 9.63 Å². The molecule has 5 nitrogen and oxygen atoms in total. The number of carbonyl (C=O) groups excluding carboxylic acids is 1. The van der Waals surface area contributed by atoms with E-state index in [1.165, 1.54) is 6.20 Å². The number of hydrogen-bond acceptors (Lipinski definition) is 4. The van der Waals surface area contributed by atoms with Gasteiger partial charge in [-0.25, -0.2) is 4.79 Å². The normalized spacial score (nSPS) is 10.3. The second kappa shape index (κ2) is 3.53. The van der Waals surface area contributed by atoms with Crippen LogP contribution in [-0.2, 0) is 4.79 Å². The summed E-state index contributed by atoms with van der Waals surface area (Å²) in [7, 11) is 0. The SMILES string of the molecule is CC(C)C(=O)On1nncc1Cl. The molecule has 12 heavy (non-hydrogen) atoms. The number of carbonyl (C=O) groups is 1. The van der Waals surface area contributed by atoms with E-state index in [4.69, 9.17) is 16.4 Å². The van der Waals surface area contributed by atoms with Crippen LogP contribution >= 0.6 is 11.6 Å². The van der Waals surface area contributed by atoms with Gasteiger partial charge >= 0.3 is 5.97 Å². The predicted molar refractivity (Wildman–Crippen MR) is 41.5 cm³/mol. The molecule has 0 saturated carbocycles. The van der Waals surface area contributed by atoms with Gasteiger partial charge in [0.2, 0.25) is 0 Å². The van der Waals surface area contributed by atoms with Gasteiger partial charge in [0.25, 0.3) is 0 Å². The summed E-state index contributed by atoms with van der Waals surface area (Å²) in [6.07, 6.45) is 1.29.